The first kappa shape index (κ1) is 23.4. The van der Waals surface area contributed by atoms with E-state index in [4.69, 9.17) is 11.5 Å². The maximum Gasteiger partial charge on any atom is 0.239 e. The van der Waals surface area contributed by atoms with Gasteiger partial charge < -0.3 is 16.4 Å². The van der Waals surface area contributed by atoms with Crippen LogP contribution in [-0.4, -0.2) is 46.7 Å². The highest BCUT2D eigenvalue weighted by molar-refractivity contribution is 5.85. The number of aromatic nitrogens is 2. The minimum atomic E-state index is -0.422. The lowest BCUT2D eigenvalue weighted by molar-refractivity contribution is -0.132. The molecule has 2 heterocycles. The van der Waals surface area contributed by atoms with Gasteiger partial charge in [0.15, 0.2) is 0 Å². The molecule has 1 aromatic carbocycles. The summed E-state index contributed by atoms with van der Waals surface area (Å²) >= 11 is 0. The lowest BCUT2D eigenvalue weighted by Gasteiger charge is -2.24. The van der Waals surface area contributed by atoms with Crippen molar-refractivity contribution in [3.8, 4) is 11.3 Å². The molecular weight excluding hydrogens is 385 g/mol. The number of nitrogens with zero attached hydrogens (tertiary/aromatic N) is 2. The average molecular weight is 414 g/mol. The molecule has 2 aromatic rings. The maximum absolute atomic E-state index is 12.6. The number of hydrogen-bond acceptors (Lipinski definition) is 4. The van der Waals surface area contributed by atoms with Crippen molar-refractivity contribution in [3.63, 3.8) is 0 Å². The second-order valence-corrected chi connectivity index (χ2v) is 6.61. The van der Waals surface area contributed by atoms with Crippen LogP contribution in [0, 0.1) is 0 Å². The number of amides is 1. The van der Waals surface area contributed by atoms with Gasteiger partial charge in [0, 0.05) is 36.3 Å². The molecule has 0 spiro atoms. The first-order valence-electron chi connectivity index (χ1n) is 9.06. The van der Waals surface area contributed by atoms with Crippen LogP contribution in [-0.2, 0) is 17.6 Å². The van der Waals surface area contributed by atoms with E-state index in [0.717, 1.165) is 42.6 Å². The highest BCUT2D eigenvalue weighted by atomic mass is 35.5. The van der Waals surface area contributed by atoms with Crippen LogP contribution in [0.5, 0.6) is 0 Å². The fourth-order valence-electron chi connectivity index (χ4n) is 3.40. The largest absolute Gasteiger partial charge is 0.341 e. The zero-order chi connectivity index (χ0) is 17.6. The van der Waals surface area contributed by atoms with E-state index in [0.29, 0.717) is 26.1 Å². The van der Waals surface area contributed by atoms with Gasteiger partial charge in [0.1, 0.15) is 0 Å². The summed E-state index contributed by atoms with van der Waals surface area (Å²) in [4.78, 5) is 14.5. The van der Waals surface area contributed by atoms with E-state index in [9.17, 15) is 4.79 Å². The molecule has 1 amide bonds. The standard InChI is InChI=1S/C19H27N5O.2ClH/c20-11-5-4-8-16(21)19(25)24-12-9-15-17(10-13-24)22-23-18(15)14-6-2-1-3-7-14;;/h1-3,6-7,16H,4-5,8-13,20-21H2,(H,22,23);2*1H/t16-;;/m0../s1. The Morgan fingerprint density at radius 2 is 1.85 bits per heavy atom. The van der Waals surface area contributed by atoms with Gasteiger partial charge in [0.25, 0.3) is 0 Å². The lowest BCUT2D eigenvalue weighted by Crippen LogP contribution is -2.44. The van der Waals surface area contributed by atoms with E-state index in [2.05, 4.69) is 22.3 Å². The molecule has 0 unspecified atom stereocenters. The minimum absolute atomic E-state index is 0. The molecule has 5 N–H and O–H groups in total. The minimum Gasteiger partial charge on any atom is -0.341 e. The predicted molar refractivity (Wildman–Crippen MR) is 113 cm³/mol. The summed E-state index contributed by atoms with van der Waals surface area (Å²) in [5.41, 5.74) is 16.1. The summed E-state index contributed by atoms with van der Waals surface area (Å²) in [5, 5.41) is 7.66. The van der Waals surface area contributed by atoms with Gasteiger partial charge in [0.05, 0.1) is 11.7 Å². The number of benzene rings is 1. The van der Waals surface area contributed by atoms with E-state index >= 15 is 0 Å². The molecule has 1 atom stereocenters. The zero-order valence-electron chi connectivity index (χ0n) is 15.4. The Bertz CT molecular complexity index is 707. The third-order valence-corrected chi connectivity index (χ3v) is 4.86. The molecule has 0 fully saturated rings. The second-order valence-electron chi connectivity index (χ2n) is 6.61. The van der Waals surface area contributed by atoms with Gasteiger partial charge in [-0.3, -0.25) is 9.89 Å². The fourth-order valence-corrected chi connectivity index (χ4v) is 3.40. The number of nitrogens with one attached hydrogen (secondary N) is 1. The highest BCUT2D eigenvalue weighted by Gasteiger charge is 2.25. The summed E-state index contributed by atoms with van der Waals surface area (Å²) in [6.45, 7) is 2.02. The third-order valence-electron chi connectivity index (χ3n) is 4.86. The van der Waals surface area contributed by atoms with Crippen molar-refractivity contribution in [3.05, 3.63) is 41.6 Å². The van der Waals surface area contributed by atoms with Crippen LogP contribution in [0.3, 0.4) is 0 Å². The van der Waals surface area contributed by atoms with Gasteiger partial charge in [-0.1, -0.05) is 36.8 Å². The van der Waals surface area contributed by atoms with E-state index in [1.54, 1.807) is 0 Å². The fraction of sp³-hybridized carbons (Fsp3) is 0.474. The quantitative estimate of drug-likeness (QED) is 0.632. The Morgan fingerprint density at radius 3 is 2.56 bits per heavy atom. The van der Waals surface area contributed by atoms with Gasteiger partial charge >= 0.3 is 0 Å². The Kier molecular flexibility index (Phi) is 9.80. The van der Waals surface area contributed by atoms with E-state index in [-0.39, 0.29) is 30.7 Å². The molecule has 0 saturated heterocycles. The van der Waals surface area contributed by atoms with Crippen LogP contribution >= 0.6 is 24.8 Å². The summed E-state index contributed by atoms with van der Waals surface area (Å²) in [5.74, 6) is 0.0522. The van der Waals surface area contributed by atoms with Gasteiger partial charge in [-0.15, -0.1) is 24.8 Å². The van der Waals surface area contributed by atoms with E-state index in [1.165, 1.54) is 5.56 Å². The maximum atomic E-state index is 12.6. The molecule has 27 heavy (non-hydrogen) atoms. The SMILES string of the molecule is Cl.Cl.NCCCC[C@H](N)C(=O)N1CCc2[nH]nc(-c3ccccc3)c2CC1. The zero-order valence-corrected chi connectivity index (χ0v) is 17.0. The number of aromatic amines is 1. The molecule has 0 bridgehead atoms. The van der Waals surface area contributed by atoms with Crippen molar-refractivity contribution >= 4 is 30.7 Å². The van der Waals surface area contributed by atoms with Crippen molar-refractivity contribution in [1.82, 2.24) is 15.1 Å². The number of fused-ring (bicyclic) bond motifs is 1. The third kappa shape index (κ3) is 5.69. The summed E-state index contributed by atoms with van der Waals surface area (Å²) in [7, 11) is 0. The number of carbonyl (C=O) groups excluding carboxylic acids is 1. The molecular formula is C19H29Cl2N5O. The number of nitrogens with two attached hydrogens (primary N) is 2. The molecule has 1 aliphatic rings. The summed E-state index contributed by atoms with van der Waals surface area (Å²) in [6, 6.07) is 9.75. The van der Waals surface area contributed by atoms with Crippen molar-refractivity contribution in [2.45, 2.75) is 38.1 Å². The topological polar surface area (TPSA) is 101 Å². The van der Waals surface area contributed by atoms with Gasteiger partial charge in [-0.25, -0.2) is 0 Å². The van der Waals surface area contributed by atoms with Crippen LogP contribution in [0.2, 0.25) is 0 Å². The van der Waals surface area contributed by atoms with Gasteiger partial charge in [0.2, 0.25) is 5.91 Å². The van der Waals surface area contributed by atoms with Crippen LogP contribution in [0.1, 0.15) is 30.5 Å². The van der Waals surface area contributed by atoms with Crippen molar-refractivity contribution in [2.24, 2.45) is 11.5 Å². The number of rotatable bonds is 6. The molecule has 1 aromatic heterocycles. The van der Waals surface area contributed by atoms with Gasteiger partial charge in [-0.05, 0) is 25.8 Å². The molecule has 8 heteroatoms. The van der Waals surface area contributed by atoms with Crippen LogP contribution < -0.4 is 11.5 Å². The smallest absolute Gasteiger partial charge is 0.239 e. The highest BCUT2D eigenvalue weighted by Crippen LogP contribution is 2.26. The molecule has 0 radical (unpaired) electrons. The summed E-state index contributed by atoms with van der Waals surface area (Å²) in [6.07, 6.45) is 4.11. The normalized spacial score (nSPS) is 14.4. The Balaban J connectivity index is 0.00000182. The van der Waals surface area contributed by atoms with E-state index in [1.807, 2.05) is 23.1 Å². The second kappa shape index (κ2) is 11.3. The van der Waals surface area contributed by atoms with Crippen LogP contribution in [0.15, 0.2) is 30.3 Å². The monoisotopic (exact) mass is 413 g/mol. The average Bonchev–Trinajstić information content (AvgIpc) is 2.93. The predicted octanol–water partition coefficient (Wildman–Crippen LogP) is 2.30. The Labute approximate surface area is 172 Å². The van der Waals surface area contributed by atoms with E-state index < -0.39 is 6.04 Å². The summed E-state index contributed by atoms with van der Waals surface area (Å²) < 4.78 is 0. The lowest BCUT2D eigenvalue weighted by atomic mass is 10.0. The van der Waals surface area contributed by atoms with Crippen molar-refractivity contribution < 1.29 is 4.79 Å². The van der Waals surface area contributed by atoms with Crippen molar-refractivity contribution in [1.29, 1.82) is 0 Å². The van der Waals surface area contributed by atoms with Crippen molar-refractivity contribution in [2.75, 3.05) is 19.6 Å². The number of carbonyl (C=O) groups is 1. The molecule has 3 rings (SSSR count). The molecule has 1 aliphatic heterocycles. The Hall–Kier alpha value is -1.60. The van der Waals surface area contributed by atoms with Gasteiger partial charge in [-0.2, -0.15) is 5.10 Å². The Morgan fingerprint density at radius 1 is 1.15 bits per heavy atom. The number of H-pyrrole nitrogens is 1. The first-order valence-corrected chi connectivity index (χ1v) is 9.06. The molecule has 150 valence electrons. The van der Waals surface area contributed by atoms with Crippen LogP contribution in [0.25, 0.3) is 11.3 Å². The number of hydrogen-bond donors (Lipinski definition) is 3. The molecule has 0 saturated carbocycles. The molecule has 6 nitrogen and oxygen atoms in total. The number of halogens is 2. The first-order chi connectivity index (χ1) is 12.2. The van der Waals surface area contributed by atoms with Crippen LogP contribution in [0.4, 0.5) is 0 Å². The number of unbranched alkanes of at least 4 members (excludes halogenated alkanes) is 1. The molecule has 0 aliphatic carbocycles.